The van der Waals surface area contributed by atoms with Gasteiger partial charge in [0.25, 0.3) is 0 Å². The molecule has 106 valence electrons. The number of anilines is 1. The van der Waals surface area contributed by atoms with Gasteiger partial charge in [-0.1, -0.05) is 0 Å². The number of piperazine rings is 1. The van der Waals surface area contributed by atoms with Crippen molar-refractivity contribution in [3.05, 3.63) is 18.2 Å². The number of likely N-dealkylation sites (N-methyl/N-ethyl adjacent to an activating group) is 1. The Hall–Kier alpha value is -1.46. The van der Waals surface area contributed by atoms with Crippen molar-refractivity contribution in [3.63, 3.8) is 0 Å². The minimum atomic E-state index is 0.389. The zero-order valence-corrected chi connectivity index (χ0v) is 11.9. The molecule has 19 heavy (non-hydrogen) atoms. The fraction of sp³-hybridized carbons (Fsp3) is 0.571. The van der Waals surface area contributed by atoms with E-state index in [1.165, 1.54) is 0 Å². The molecule has 5 nitrogen and oxygen atoms in total. The fourth-order valence-electron chi connectivity index (χ4n) is 2.47. The number of hydrogen-bond donors (Lipinski definition) is 1. The lowest BCUT2D eigenvalue weighted by Crippen LogP contribution is -2.54. The van der Waals surface area contributed by atoms with Crippen LogP contribution in [0.1, 0.15) is 0 Å². The Morgan fingerprint density at radius 3 is 2.68 bits per heavy atom. The summed E-state index contributed by atoms with van der Waals surface area (Å²) in [4.78, 5) is 4.64. The van der Waals surface area contributed by atoms with Gasteiger partial charge in [0, 0.05) is 38.3 Å². The first-order valence-electron chi connectivity index (χ1n) is 6.57. The highest BCUT2D eigenvalue weighted by molar-refractivity contribution is 5.61. The fourth-order valence-corrected chi connectivity index (χ4v) is 2.47. The highest BCUT2D eigenvalue weighted by Gasteiger charge is 2.25. The van der Waals surface area contributed by atoms with E-state index in [4.69, 9.17) is 15.2 Å². The summed E-state index contributed by atoms with van der Waals surface area (Å²) in [5, 5.41) is 0. The van der Waals surface area contributed by atoms with Gasteiger partial charge in [0.05, 0.1) is 19.9 Å². The monoisotopic (exact) mass is 265 g/mol. The summed E-state index contributed by atoms with van der Waals surface area (Å²) < 4.78 is 10.7. The van der Waals surface area contributed by atoms with Crippen LogP contribution in [0.2, 0.25) is 0 Å². The Labute approximate surface area is 114 Å². The molecule has 1 aliphatic rings. The van der Waals surface area contributed by atoms with Crippen molar-refractivity contribution in [2.24, 2.45) is 5.73 Å². The quantitative estimate of drug-likeness (QED) is 0.872. The smallest absolute Gasteiger partial charge is 0.145 e. The van der Waals surface area contributed by atoms with Crippen molar-refractivity contribution in [1.82, 2.24) is 4.90 Å². The van der Waals surface area contributed by atoms with Gasteiger partial charge < -0.3 is 20.1 Å². The van der Waals surface area contributed by atoms with Crippen LogP contribution in [0.15, 0.2) is 18.2 Å². The molecule has 1 aromatic rings. The third kappa shape index (κ3) is 2.93. The van der Waals surface area contributed by atoms with Crippen LogP contribution in [0.3, 0.4) is 0 Å². The summed E-state index contributed by atoms with van der Waals surface area (Å²) >= 11 is 0. The van der Waals surface area contributed by atoms with Crippen LogP contribution >= 0.6 is 0 Å². The Morgan fingerprint density at radius 2 is 2.05 bits per heavy atom. The van der Waals surface area contributed by atoms with Crippen molar-refractivity contribution in [2.75, 3.05) is 52.3 Å². The van der Waals surface area contributed by atoms with Gasteiger partial charge in [-0.05, 0) is 19.2 Å². The number of rotatable bonds is 4. The van der Waals surface area contributed by atoms with Crippen molar-refractivity contribution in [3.8, 4) is 11.5 Å². The molecule has 2 N–H and O–H groups in total. The van der Waals surface area contributed by atoms with Crippen molar-refractivity contribution in [1.29, 1.82) is 0 Å². The Balaban J connectivity index is 2.21. The maximum Gasteiger partial charge on any atom is 0.145 e. The van der Waals surface area contributed by atoms with E-state index in [9.17, 15) is 0 Å². The van der Waals surface area contributed by atoms with Gasteiger partial charge >= 0.3 is 0 Å². The molecule has 1 unspecified atom stereocenters. The Kier molecular flexibility index (Phi) is 4.50. The maximum absolute atomic E-state index is 5.83. The summed E-state index contributed by atoms with van der Waals surface area (Å²) in [6.07, 6.45) is 0. The maximum atomic E-state index is 5.83. The lowest BCUT2D eigenvalue weighted by Gasteiger charge is -2.40. The molecular weight excluding hydrogens is 242 g/mol. The molecule has 0 aromatic heterocycles. The average molecular weight is 265 g/mol. The van der Waals surface area contributed by atoms with Crippen LogP contribution in [-0.4, -0.2) is 58.4 Å². The van der Waals surface area contributed by atoms with Crippen molar-refractivity contribution in [2.45, 2.75) is 6.04 Å². The van der Waals surface area contributed by atoms with Crippen molar-refractivity contribution >= 4 is 5.69 Å². The first-order valence-corrected chi connectivity index (χ1v) is 6.57. The number of hydrogen-bond acceptors (Lipinski definition) is 5. The van der Waals surface area contributed by atoms with Crippen LogP contribution in [0.5, 0.6) is 11.5 Å². The third-order valence-corrected chi connectivity index (χ3v) is 3.78. The van der Waals surface area contributed by atoms with Gasteiger partial charge in [-0.2, -0.15) is 0 Å². The molecule has 1 atom stereocenters. The van der Waals surface area contributed by atoms with Crippen molar-refractivity contribution < 1.29 is 9.47 Å². The van der Waals surface area contributed by atoms with Gasteiger partial charge in [-0.25, -0.2) is 0 Å². The first kappa shape index (κ1) is 14.0. The van der Waals surface area contributed by atoms with Crippen LogP contribution in [0, 0.1) is 0 Å². The van der Waals surface area contributed by atoms with Crippen LogP contribution in [0.25, 0.3) is 0 Å². The standard InChI is InChI=1S/C14H23N3O2/c1-16-6-7-17(10-11(16)9-15)13-5-4-12(18-2)8-14(13)19-3/h4-5,8,11H,6-7,9-10,15H2,1-3H3. The average Bonchev–Trinajstić information content (AvgIpc) is 2.47. The second kappa shape index (κ2) is 6.12. The molecule has 0 radical (unpaired) electrons. The molecule has 1 heterocycles. The van der Waals surface area contributed by atoms with Gasteiger partial charge in [0.1, 0.15) is 11.5 Å². The minimum Gasteiger partial charge on any atom is -0.497 e. The molecule has 0 saturated carbocycles. The second-order valence-electron chi connectivity index (χ2n) is 4.85. The van der Waals surface area contributed by atoms with E-state index in [1.807, 2.05) is 12.1 Å². The van der Waals surface area contributed by atoms with Gasteiger partial charge in [-0.15, -0.1) is 0 Å². The molecule has 2 rings (SSSR count). The lowest BCUT2D eigenvalue weighted by molar-refractivity contribution is 0.223. The predicted octanol–water partition coefficient (Wildman–Crippen LogP) is 0.783. The normalized spacial score (nSPS) is 20.4. The molecule has 0 aliphatic carbocycles. The SMILES string of the molecule is COc1ccc(N2CCN(C)C(CN)C2)c(OC)c1. The number of nitrogens with zero attached hydrogens (tertiary/aromatic N) is 2. The van der Waals surface area contributed by atoms with Crippen LogP contribution in [-0.2, 0) is 0 Å². The molecule has 1 saturated heterocycles. The lowest BCUT2D eigenvalue weighted by atomic mass is 10.1. The highest BCUT2D eigenvalue weighted by atomic mass is 16.5. The number of ether oxygens (including phenoxy) is 2. The van der Waals surface area contributed by atoms with E-state index in [2.05, 4.69) is 22.9 Å². The molecule has 0 spiro atoms. The zero-order valence-electron chi connectivity index (χ0n) is 11.9. The van der Waals surface area contributed by atoms with E-state index in [0.717, 1.165) is 36.8 Å². The van der Waals surface area contributed by atoms with E-state index < -0.39 is 0 Å². The predicted molar refractivity (Wildman–Crippen MR) is 77.2 cm³/mol. The Bertz CT molecular complexity index is 425. The van der Waals surface area contributed by atoms with E-state index in [1.54, 1.807) is 14.2 Å². The van der Waals surface area contributed by atoms with Crippen LogP contribution in [0.4, 0.5) is 5.69 Å². The van der Waals surface area contributed by atoms with Gasteiger partial charge in [0.2, 0.25) is 0 Å². The molecule has 5 heteroatoms. The number of benzene rings is 1. The molecular formula is C14H23N3O2. The van der Waals surface area contributed by atoms with Gasteiger partial charge in [0.15, 0.2) is 0 Å². The summed E-state index contributed by atoms with van der Waals surface area (Å²) in [7, 11) is 5.48. The summed E-state index contributed by atoms with van der Waals surface area (Å²) in [6.45, 7) is 3.59. The topological polar surface area (TPSA) is 51.0 Å². The highest BCUT2D eigenvalue weighted by Crippen LogP contribution is 2.33. The number of nitrogens with two attached hydrogens (primary N) is 1. The van der Waals surface area contributed by atoms with E-state index in [-0.39, 0.29) is 0 Å². The first-order chi connectivity index (χ1) is 9.19. The second-order valence-corrected chi connectivity index (χ2v) is 4.85. The van der Waals surface area contributed by atoms with Gasteiger partial charge in [-0.3, -0.25) is 4.90 Å². The third-order valence-electron chi connectivity index (χ3n) is 3.78. The molecule has 0 bridgehead atoms. The zero-order chi connectivity index (χ0) is 13.8. The molecule has 1 aromatic carbocycles. The molecule has 0 amide bonds. The summed E-state index contributed by atoms with van der Waals surface area (Å²) in [6, 6.07) is 6.33. The largest absolute Gasteiger partial charge is 0.497 e. The van der Waals surface area contributed by atoms with E-state index >= 15 is 0 Å². The van der Waals surface area contributed by atoms with E-state index in [0.29, 0.717) is 12.6 Å². The van der Waals surface area contributed by atoms with Crippen LogP contribution < -0.4 is 20.1 Å². The molecule has 1 aliphatic heterocycles. The Morgan fingerprint density at radius 1 is 1.26 bits per heavy atom. The number of methoxy groups -OCH3 is 2. The minimum absolute atomic E-state index is 0.389. The summed E-state index contributed by atoms with van der Waals surface area (Å²) in [5.74, 6) is 1.66. The summed E-state index contributed by atoms with van der Waals surface area (Å²) in [5.41, 5.74) is 6.94. The molecule has 1 fully saturated rings.